The summed E-state index contributed by atoms with van der Waals surface area (Å²) in [4.78, 5) is 15.7. The van der Waals surface area contributed by atoms with Crippen LogP contribution in [0.25, 0.3) is 0 Å². The van der Waals surface area contributed by atoms with E-state index >= 15 is 0 Å². The molecular weight excluding hydrogens is 322 g/mol. The smallest absolute Gasteiger partial charge is 0.229 e. The topological polar surface area (TPSA) is 42.0 Å². The number of nitrogens with zero attached hydrogens (tertiary/aromatic N) is 1. The third kappa shape index (κ3) is 2.18. The molecule has 2 heterocycles. The van der Waals surface area contributed by atoms with E-state index in [0.717, 1.165) is 3.57 Å². The van der Waals surface area contributed by atoms with Gasteiger partial charge >= 0.3 is 0 Å². The van der Waals surface area contributed by atoms with Crippen LogP contribution in [0.5, 0.6) is 0 Å². The lowest BCUT2D eigenvalue weighted by Crippen LogP contribution is -2.34. The maximum atomic E-state index is 13.7. The zero-order chi connectivity index (χ0) is 11.9. The van der Waals surface area contributed by atoms with Crippen molar-refractivity contribution >= 4 is 28.5 Å². The molecule has 0 saturated carbocycles. The molecule has 2 rings (SSSR count). The summed E-state index contributed by atoms with van der Waals surface area (Å²) in [6.45, 7) is 3.85. The van der Waals surface area contributed by atoms with Gasteiger partial charge in [-0.05, 0) is 48.9 Å². The Morgan fingerprint density at radius 2 is 2.31 bits per heavy atom. The third-order valence-corrected chi connectivity index (χ3v) is 3.25. The van der Waals surface area contributed by atoms with Crippen LogP contribution in [0.15, 0.2) is 12.3 Å². The van der Waals surface area contributed by atoms with Crippen molar-refractivity contribution in [3.8, 4) is 0 Å². The Kier molecular flexibility index (Phi) is 2.90. The van der Waals surface area contributed by atoms with Gasteiger partial charge in [0.15, 0.2) is 0 Å². The van der Waals surface area contributed by atoms with Gasteiger partial charge in [0.25, 0.3) is 0 Å². The Morgan fingerprint density at radius 1 is 1.62 bits per heavy atom. The number of halogens is 2. The summed E-state index contributed by atoms with van der Waals surface area (Å²) in [6.07, 6.45) is 2.16. The number of amides is 1. The van der Waals surface area contributed by atoms with Gasteiger partial charge in [0.1, 0.15) is 5.82 Å². The van der Waals surface area contributed by atoms with Crippen molar-refractivity contribution in [3.05, 3.63) is 27.3 Å². The Bertz CT molecular complexity index is 448. The average molecular weight is 334 g/mol. The van der Waals surface area contributed by atoms with E-state index in [1.807, 2.05) is 36.4 Å². The minimum Gasteiger partial charge on any atom is -0.351 e. The molecule has 0 aliphatic carbocycles. The number of carbonyl (C=O) groups is 1. The molecule has 1 aliphatic rings. The fourth-order valence-electron chi connectivity index (χ4n) is 1.98. The first kappa shape index (κ1) is 11.8. The van der Waals surface area contributed by atoms with Gasteiger partial charge in [-0.15, -0.1) is 0 Å². The largest absolute Gasteiger partial charge is 0.351 e. The highest BCUT2D eigenvalue weighted by Gasteiger charge is 2.40. The van der Waals surface area contributed by atoms with Crippen LogP contribution < -0.4 is 5.32 Å². The molecule has 0 aromatic carbocycles. The lowest BCUT2D eigenvalue weighted by atomic mass is 9.94. The van der Waals surface area contributed by atoms with Crippen molar-refractivity contribution < 1.29 is 9.18 Å². The predicted molar refractivity (Wildman–Crippen MR) is 66.5 cm³/mol. The molecule has 3 nitrogen and oxygen atoms in total. The summed E-state index contributed by atoms with van der Waals surface area (Å²) in [5, 5.41) is 2.84. The molecule has 1 unspecified atom stereocenters. The molecular formula is C11H12FIN2O. The van der Waals surface area contributed by atoms with Gasteiger partial charge in [0, 0.05) is 15.3 Å². The highest BCUT2D eigenvalue weighted by Crippen LogP contribution is 2.32. The van der Waals surface area contributed by atoms with Crippen molar-refractivity contribution in [1.82, 2.24) is 10.3 Å². The van der Waals surface area contributed by atoms with Crippen LogP contribution in [0.4, 0.5) is 4.39 Å². The first-order valence-corrected chi connectivity index (χ1v) is 6.10. The van der Waals surface area contributed by atoms with E-state index in [4.69, 9.17) is 0 Å². The fraction of sp³-hybridized carbons (Fsp3) is 0.455. The average Bonchev–Trinajstić information content (AvgIpc) is 2.39. The second-order valence-electron chi connectivity index (χ2n) is 4.65. The molecule has 1 amide bonds. The molecule has 5 heteroatoms. The molecule has 16 heavy (non-hydrogen) atoms. The molecule has 86 valence electrons. The number of hydrogen-bond acceptors (Lipinski definition) is 2. The minimum absolute atomic E-state index is 0.141. The minimum atomic E-state index is -0.466. The number of carbonyl (C=O) groups excluding carboxylic acids is 1. The standard InChI is InChI=1S/C11H12FIN2O/c1-11(2)4-7(10(16)15-11)9-8(12)3-6(13)5-14-9/h3,5,7H,4H2,1-2H3,(H,15,16). The SMILES string of the molecule is CC1(C)CC(c2ncc(I)cc2F)C(=O)N1. The molecule has 0 bridgehead atoms. The van der Waals surface area contributed by atoms with Crippen molar-refractivity contribution in [2.75, 3.05) is 0 Å². The van der Waals surface area contributed by atoms with Gasteiger partial charge in [0.05, 0.1) is 11.6 Å². The van der Waals surface area contributed by atoms with Gasteiger partial charge in [-0.1, -0.05) is 0 Å². The lowest BCUT2D eigenvalue weighted by molar-refractivity contribution is -0.121. The Morgan fingerprint density at radius 3 is 2.81 bits per heavy atom. The number of pyridine rings is 1. The highest BCUT2D eigenvalue weighted by atomic mass is 127. The quantitative estimate of drug-likeness (QED) is 0.800. The maximum absolute atomic E-state index is 13.7. The summed E-state index contributed by atoms with van der Waals surface area (Å²) in [6, 6.07) is 1.40. The van der Waals surface area contributed by atoms with E-state index in [9.17, 15) is 9.18 Å². The summed E-state index contributed by atoms with van der Waals surface area (Å²) < 4.78 is 14.4. The summed E-state index contributed by atoms with van der Waals surface area (Å²) >= 11 is 1.99. The lowest BCUT2D eigenvalue weighted by Gasteiger charge is -2.16. The van der Waals surface area contributed by atoms with Gasteiger partial charge in [-0.3, -0.25) is 9.78 Å². The van der Waals surface area contributed by atoms with Gasteiger partial charge in [-0.2, -0.15) is 0 Å². The van der Waals surface area contributed by atoms with Gasteiger partial charge < -0.3 is 5.32 Å². The number of nitrogens with one attached hydrogen (secondary N) is 1. The molecule has 0 spiro atoms. The zero-order valence-electron chi connectivity index (χ0n) is 9.05. The fourth-order valence-corrected chi connectivity index (χ4v) is 2.39. The molecule has 1 fully saturated rings. The maximum Gasteiger partial charge on any atom is 0.229 e. The van der Waals surface area contributed by atoms with Crippen LogP contribution in [0.2, 0.25) is 0 Å². The van der Waals surface area contributed by atoms with E-state index in [1.165, 1.54) is 6.07 Å². The zero-order valence-corrected chi connectivity index (χ0v) is 11.2. The van der Waals surface area contributed by atoms with Crippen molar-refractivity contribution in [3.63, 3.8) is 0 Å². The molecule has 1 aliphatic heterocycles. The van der Waals surface area contributed by atoms with Gasteiger partial charge in [-0.25, -0.2) is 4.39 Å². The number of hydrogen-bond donors (Lipinski definition) is 1. The van der Waals surface area contributed by atoms with E-state index < -0.39 is 11.7 Å². The van der Waals surface area contributed by atoms with Crippen LogP contribution in [0.3, 0.4) is 0 Å². The Labute approximate surface area is 107 Å². The van der Waals surface area contributed by atoms with Crippen LogP contribution in [0.1, 0.15) is 31.9 Å². The summed E-state index contributed by atoms with van der Waals surface area (Å²) in [5.74, 6) is -1.01. The first-order chi connectivity index (χ1) is 7.39. The van der Waals surface area contributed by atoms with Crippen molar-refractivity contribution in [2.45, 2.75) is 31.7 Å². The van der Waals surface area contributed by atoms with Crippen LogP contribution in [-0.4, -0.2) is 16.4 Å². The molecule has 1 aromatic rings. The van der Waals surface area contributed by atoms with E-state index in [2.05, 4.69) is 10.3 Å². The normalized spacial score (nSPS) is 23.2. The summed E-state index contributed by atoms with van der Waals surface area (Å²) in [7, 11) is 0. The highest BCUT2D eigenvalue weighted by molar-refractivity contribution is 14.1. The molecule has 1 aromatic heterocycles. The van der Waals surface area contributed by atoms with Crippen molar-refractivity contribution in [2.24, 2.45) is 0 Å². The van der Waals surface area contributed by atoms with E-state index in [0.29, 0.717) is 6.42 Å². The second kappa shape index (κ2) is 3.94. The molecule has 1 saturated heterocycles. The first-order valence-electron chi connectivity index (χ1n) is 5.02. The van der Waals surface area contributed by atoms with Crippen LogP contribution in [-0.2, 0) is 4.79 Å². The Balaban J connectivity index is 2.35. The molecule has 1 N–H and O–H groups in total. The summed E-state index contributed by atoms with van der Waals surface area (Å²) in [5.41, 5.74) is -0.0257. The number of aromatic nitrogens is 1. The monoisotopic (exact) mass is 334 g/mol. The van der Waals surface area contributed by atoms with E-state index in [-0.39, 0.29) is 17.1 Å². The van der Waals surface area contributed by atoms with Crippen LogP contribution >= 0.6 is 22.6 Å². The molecule has 0 radical (unpaired) electrons. The van der Waals surface area contributed by atoms with Crippen molar-refractivity contribution in [1.29, 1.82) is 0 Å². The second-order valence-corrected chi connectivity index (χ2v) is 5.90. The van der Waals surface area contributed by atoms with Gasteiger partial charge in [0.2, 0.25) is 5.91 Å². The number of rotatable bonds is 1. The molecule has 1 atom stereocenters. The third-order valence-electron chi connectivity index (χ3n) is 2.66. The van der Waals surface area contributed by atoms with Crippen LogP contribution in [0, 0.1) is 9.39 Å². The Hall–Kier alpha value is -0.720. The predicted octanol–water partition coefficient (Wildman–Crippen LogP) is 2.21. The van der Waals surface area contributed by atoms with E-state index in [1.54, 1.807) is 6.20 Å².